The van der Waals surface area contributed by atoms with Gasteiger partial charge in [0.25, 0.3) is 0 Å². The lowest BCUT2D eigenvalue weighted by atomic mass is 10.3. The highest BCUT2D eigenvalue weighted by Crippen LogP contribution is 2.24. The van der Waals surface area contributed by atoms with Crippen LogP contribution in [0.4, 0.5) is 21.7 Å². The smallest absolute Gasteiger partial charge is 0.165 e. The van der Waals surface area contributed by atoms with Crippen LogP contribution in [-0.4, -0.2) is 23.6 Å². The van der Waals surface area contributed by atoms with Crippen LogP contribution in [0.3, 0.4) is 0 Å². The molecule has 0 unspecified atom stereocenters. The summed E-state index contributed by atoms with van der Waals surface area (Å²) in [5, 5.41) is 6.16. The fraction of sp³-hybridized carbons (Fsp3) is 0.231. The lowest BCUT2D eigenvalue weighted by Crippen LogP contribution is -2.01. The van der Waals surface area contributed by atoms with Crippen LogP contribution in [0.5, 0.6) is 5.75 Å². The van der Waals surface area contributed by atoms with Crippen LogP contribution < -0.4 is 15.4 Å². The van der Waals surface area contributed by atoms with Crippen molar-refractivity contribution in [2.45, 2.75) is 6.92 Å². The third-order valence-electron chi connectivity index (χ3n) is 2.45. The third kappa shape index (κ3) is 3.31. The summed E-state index contributed by atoms with van der Waals surface area (Å²) in [7, 11) is 1.43. The number of halogens is 1. The van der Waals surface area contributed by atoms with Crippen LogP contribution in [0.15, 0.2) is 30.6 Å². The Morgan fingerprint density at radius 2 is 2.00 bits per heavy atom. The molecule has 19 heavy (non-hydrogen) atoms. The van der Waals surface area contributed by atoms with E-state index in [-0.39, 0.29) is 5.75 Å². The first-order valence-electron chi connectivity index (χ1n) is 5.89. The van der Waals surface area contributed by atoms with Crippen molar-refractivity contribution in [2.75, 3.05) is 24.3 Å². The van der Waals surface area contributed by atoms with Crippen LogP contribution in [0.2, 0.25) is 0 Å². The number of hydrogen-bond donors (Lipinski definition) is 2. The summed E-state index contributed by atoms with van der Waals surface area (Å²) in [6.07, 6.45) is 1.46. The second-order valence-electron chi connectivity index (χ2n) is 3.79. The Balaban J connectivity index is 2.18. The van der Waals surface area contributed by atoms with Crippen molar-refractivity contribution < 1.29 is 9.13 Å². The second-order valence-corrected chi connectivity index (χ2v) is 3.79. The molecule has 0 saturated carbocycles. The van der Waals surface area contributed by atoms with Gasteiger partial charge in [-0.05, 0) is 19.1 Å². The molecule has 2 N–H and O–H groups in total. The topological polar surface area (TPSA) is 59.1 Å². The maximum atomic E-state index is 13.3. The molecule has 5 nitrogen and oxygen atoms in total. The lowest BCUT2D eigenvalue weighted by Gasteiger charge is -2.09. The SMILES string of the molecule is CCNc1cc(Nc2ccc(F)c(OC)c2)ncn1. The molecular weight excluding hydrogens is 247 g/mol. The van der Waals surface area contributed by atoms with Crippen LogP contribution in [0, 0.1) is 5.82 Å². The highest BCUT2D eigenvalue weighted by atomic mass is 19.1. The molecule has 1 aromatic carbocycles. The van der Waals surface area contributed by atoms with Gasteiger partial charge in [0.1, 0.15) is 18.0 Å². The molecule has 6 heteroatoms. The number of anilines is 3. The van der Waals surface area contributed by atoms with E-state index in [1.165, 1.54) is 19.5 Å². The molecule has 2 aromatic rings. The van der Waals surface area contributed by atoms with Gasteiger partial charge >= 0.3 is 0 Å². The normalized spacial score (nSPS) is 10.1. The number of nitrogens with one attached hydrogen (secondary N) is 2. The number of ether oxygens (including phenoxy) is 1. The number of nitrogens with zero attached hydrogens (tertiary/aromatic N) is 2. The maximum Gasteiger partial charge on any atom is 0.165 e. The Kier molecular flexibility index (Phi) is 4.12. The zero-order valence-electron chi connectivity index (χ0n) is 10.8. The van der Waals surface area contributed by atoms with Gasteiger partial charge in [0, 0.05) is 24.4 Å². The average Bonchev–Trinajstić information content (AvgIpc) is 2.42. The first kappa shape index (κ1) is 13.1. The minimum absolute atomic E-state index is 0.186. The zero-order chi connectivity index (χ0) is 13.7. The molecule has 0 amide bonds. The fourth-order valence-corrected chi connectivity index (χ4v) is 1.59. The van der Waals surface area contributed by atoms with Crippen LogP contribution >= 0.6 is 0 Å². The third-order valence-corrected chi connectivity index (χ3v) is 2.45. The van der Waals surface area contributed by atoms with E-state index in [0.717, 1.165) is 12.4 Å². The highest BCUT2D eigenvalue weighted by Gasteiger charge is 2.04. The quantitative estimate of drug-likeness (QED) is 0.867. The van der Waals surface area contributed by atoms with Crippen molar-refractivity contribution >= 4 is 17.3 Å². The minimum atomic E-state index is -0.399. The van der Waals surface area contributed by atoms with Crippen molar-refractivity contribution in [1.82, 2.24) is 9.97 Å². The lowest BCUT2D eigenvalue weighted by molar-refractivity contribution is 0.387. The van der Waals surface area contributed by atoms with E-state index in [1.807, 2.05) is 6.92 Å². The zero-order valence-corrected chi connectivity index (χ0v) is 10.8. The summed E-state index contributed by atoms with van der Waals surface area (Å²) in [6, 6.07) is 6.31. The standard InChI is InChI=1S/C13H15FN4O/c1-3-15-12-7-13(17-8-16-12)18-9-4-5-10(14)11(6-9)19-2/h4-8H,3H2,1-2H3,(H2,15,16,17,18). The van der Waals surface area contributed by atoms with E-state index in [4.69, 9.17) is 4.74 Å². The number of methoxy groups -OCH3 is 1. The maximum absolute atomic E-state index is 13.3. The summed E-state index contributed by atoms with van der Waals surface area (Å²) in [5.74, 6) is 1.14. The van der Waals surface area contributed by atoms with Crippen LogP contribution in [0.1, 0.15) is 6.92 Å². The molecule has 0 saturated heterocycles. The molecule has 0 aliphatic rings. The van der Waals surface area contributed by atoms with Gasteiger partial charge in [-0.25, -0.2) is 14.4 Å². The average molecular weight is 262 g/mol. The fourth-order valence-electron chi connectivity index (χ4n) is 1.59. The Bertz CT molecular complexity index is 562. The van der Waals surface area contributed by atoms with E-state index in [2.05, 4.69) is 20.6 Å². The highest BCUT2D eigenvalue weighted by molar-refractivity contribution is 5.60. The van der Waals surface area contributed by atoms with E-state index in [0.29, 0.717) is 11.5 Å². The molecule has 1 aromatic heterocycles. The summed E-state index contributed by atoms with van der Waals surface area (Å²) >= 11 is 0. The first-order valence-corrected chi connectivity index (χ1v) is 5.89. The van der Waals surface area contributed by atoms with Gasteiger partial charge in [0.15, 0.2) is 11.6 Å². The van der Waals surface area contributed by atoms with Crippen molar-refractivity contribution in [3.8, 4) is 5.75 Å². The number of aromatic nitrogens is 2. The van der Waals surface area contributed by atoms with Crippen molar-refractivity contribution in [2.24, 2.45) is 0 Å². The van der Waals surface area contributed by atoms with Gasteiger partial charge in [-0.15, -0.1) is 0 Å². The summed E-state index contributed by atoms with van der Waals surface area (Å²) in [6.45, 7) is 2.76. The van der Waals surface area contributed by atoms with Gasteiger partial charge in [0.2, 0.25) is 0 Å². The van der Waals surface area contributed by atoms with E-state index in [1.54, 1.807) is 18.2 Å². The van der Waals surface area contributed by atoms with Crippen LogP contribution in [-0.2, 0) is 0 Å². The van der Waals surface area contributed by atoms with E-state index >= 15 is 0 Å². The molecule has 0 aliphatic carbocycles. The molecule has 0 fully saturated rings. The Labute approximate surface area is 110 Å². The van der Waals surface area contributed by atoms with Gasteiger partial charge in [-0.1, -0.05) is 0 Å². The van der Waals surface area contributed by atoms with Crippen LogP contribution in [0.25, 0.3) is 0 Å². The predicted octanol–water partition coefficient (Wildman–Crippen LogP) is 2.80. The van der Waals surface area contributed by atoms with Crippen molar-refractivity contribution in [3.05, 3.63) is 36.4 Å². The molecule has 0 spiro atoms. The molecule has 1 heterocycles. The summed E-state index contributed by atoms with van der Waals surface area (Å²) in [5.41, 5.74) is 0.694. The molecular formula is C13H15FN4O. The molecule has 0 radical (unpaired) electrons. The van der Waals surface area contributed by atoms with Crippen molar-refractivity contribution in [1.29, 1.82) is 0 Å². The van der Waals surface area contributed by atoms with Gasteiger partial charge in [-0.2, -0.15) is 0 Å². The predicted molar refractivity (Wildman–Crippen MR) is 72.4 cm³/mol. The van der Waals surface area contributed by atoms with Gasteiger partial charge < -0.3 is 15.4 Å². The molecule has 0 bridgehead atoms. The minimum Gasteiger partial charge on any atom is -0.494 e. The van der Waals surface area contributed by atoms with Gasteiger partial charge in [-0.3, -0.25) is 0 Å². The summed E-state index contributed by atoms with van der Waals surface area (Å²) < 4.78 is 18.2. The molecule has 0 atom stereocenters. The summed E-state index contributed by atoms with van der Waals surface area (Å²) in [4.78, 5) is 8.17. The molecule has 0 aliphatic heterocycles. The Hall–Kier alpha value is -2.37. The molecule has 2 rings (SSSR count). The van der Waals surface area contributed by atoms with Gasteiger partial charge in [0.05, 0.1) is 7.11 Å². The number of rotatable bonds is 5. The first-order chi connectivity index (χ1) is 9.22. The monoisotopic (exact) mass is 262 g/mol. The molecule has 100 valence electrons. The largest absolute Gasteiger partial charge is 0.494 e. The van der Waals surface area contributed by atoms with Crippen molar-refractivity contribution in [3.63, 3.8) is 0 Å². The Morgan fingerprint density at radius 1 is 1.21 bits per heavy atom. The number of benzene rings is 1. The van der Waals surface area contributed by atoms with E-state index < -0.39 is 5.82 Å². The number of hydrogen-bond acceptors (Lipinski definition) is 5. The second kappa shape index (κ2) is 5.99. The van der Waals surface area contributed by atoms with E-state index in [9.17, 15) is 4.39 Å². The Morgan fingerprint density at radius 3 is 2.74 bits per heavy atom.